The van der Waals surface area contributed by atoms with Gasteiger partial charge >= 0.3 is 6.03 Å². The third kappa shape index (κ3) is 5.12. The van der Waals surface area contributed by atoms with Crippen LogP contribution in [-0.4, -0.2) is 52.6 Å². The molecule has 1 N–H and O–H groups in total. The van der Waals surface area contributed by atoms with Crippen LogP contribution in [0.4, 0.5) is 4.79 Å². The van der Waals surface area contributed by atoms with Crippen molar-refractivity contribution < 1.29 is 9.53 Å². The van der Waals surface area contributed by atoms with Crippen molar-refractivity contribution in [1.82, 2.24) is 20.0 Å². The number of likely N-dealkylation sites (tertiary alicyclic amines) is 1. The van der Waals surface area contributed by atoms with E-state index in [9.17, 15) is 4.79 Å². The molecule has 1 saturated carbocycles. The third-order valence-corrected chi connectivity index (χ3v) is 7.05. The van der Waals surface area contributed by atoms with Gasteiger partial charge in [0.25, 0.3) is 0 Å². The zero-order chi connectivity index (χ0) is 21.6. The fourth-order valence-electron chi connectivity index (χ4n) is 5.38. The highest BCUT2D eigenvalue weighted by atomic mass is 16.5. The molecule has 6 nitrogen and oxygen atoms in total. The summed E-state index contributed by atoms with van der Waals surface area (Å²) < 4.78 is 8.43. The Morgan fingerprint density at radius 1 is 1.13 bits per heavy atom. The van der Waals surface area contributed by atoms with E-state index in [4.69, 9.17) is 4.74 Å². The molecule has 1 aromatic carbocycles. The van der Waals surface area contributed by atoms with Crippen molar-refractivity contribution in [3.05, 3.63) is 53.9 Å². The number of benzene rings is 1. The lowest BCUT2D eigenvalue weighted by Crippen LogP contribution is -2.54. The molecule has 4 rings (SSSR count). The summed E-state index contributed by atoms with van der Waals surface area (Å²) in [5.74, 6) is 0.897. The van der Waals surface area contributed by atoms with Crippen molar-refractivity contribution in [2.45, 2.75) is 69.4 Å². The van der Waals surface area contributed by atoms with Gasteiger partial charge in [-0.3, -0.25) is 4.68 Å². The van der Waals surface area contributed by atoms with E-state index in [1.165, 1.54) is 24.1 Å². The van der Waals surface area contributed by atoms with E-state index >= 15 is 0 Å². The molecule has 0 bridgehead atoms. The number of aromatic nitrogens is 2. The summed E-state index contributed by atoms with van der Waals surface area (Å²) in [4.78, 5) is 14.8. The summed E-state index contributed by atoms with van der Waals surface area (Å²) in [5.41, 5.74) is 2.64. The van der Waals surface area contributed by atoms with E-state index in [2.05, 4.69) is 46.8 Å². The Kier molecular flexibility index (Phi) is 7.28. The number of piperidine rings is 1. The average Bonchev–Trinajstić information content (AvgIpc) is 3.24. The summed E-state index contributed by atoms with van der Waals surface area (Å²) in [6, 6.07) is 13.0. The minimum Gasteiger partial charge on any atom is -0.376 e. The van der Waals surface area contributed by atoms with Crippen molar-refractivity contribution in [2.75, 3.05) is 19.7 Å². The minimum absolute atomic E-state index is 0.0238. The zero-order valence-electron chi connectivity index (χ0n) is 18.9. The number of aryl methyl sites for hydroxylation is 1. The molecule has 2 fully saturated rings. The minimum atomic E-state index is 0.0238. The maximum Gasteiger partial charge on any atom is 0.317 e. The Bertz CT molecular complexity index is 829. The topological polar surface area (TPSA) is 59.4 Å². The van der Waals surface area contributed by atoms with Crippen molar-refractivity contribution in [1.29, 1.82) is 0 Å². The molecule has 31 heavy (non-hydrogen) atoms. The summed E-state index contributed by atoms with van der Waals surface area (Å²) in [7, 11) is 1.99. The van der Waals surface area contributed by atoms with E-state index in [1.807, 2.05) is 29.7 Å². The second-order valence-electron chi connectivity index (χ2n) is 8.94. The Morgan fingerprint density at radius 2 is 1.90 bits per heavy atom. The van der Waals surface area contributed by atoms with Gasteiger partial charge in [0.05, 0.1) is 18.8 Å². The molecule has 1 aliphatic heterocycles. The summed E-state index contributed by atoms with van der Waals surface area (Å²) in [6.45, 7) is 3.99. The monoisotopic (exact) mass is 424 g/mol. The number of nitrogens with one attached hydrogen (secondary N) is 1. The van der Waals surface area contributed by atoms with Crippen LogP contribution in [0, 0.1) is 0 Å². The van der Waals surface area contributed by atoms with Crippen LogP contribution in [0.15, 0.2) is 42.6 Å². The van der Waals surface area contributed by atoms with Crippen LogP contribution in [0.5, 0.6) is 0 Å². The maximum absolute atomic E-state index is 12.8. The van der Waals surface area contributed by atoms with E-state index in [0.29, 0.717) is 19.1 Å². The molecular formula is C25H36N4O2. The molecule has 0 spiro atoms. The van der Waals surface area contributed by atoms with Crippen LogP contribution in [0.3, 0.4) is 0 Å². The number of urea groups is 1. The summed E-state index contributed by atoms with van der Waals surface area (Å²) >= 11 is 0. The first-order valence-electron chi connectivity index (χ1n) is 11.9. The van der Waals surface area contributed by atoms with Gasteiger partial charge in [0.1, 0.15) is 0 Å². The molecule has 0 unspecified atom stereocenters. The fraction of sp³-hybridized carbons (Fsp3) is 0.600. The first kappa shape index (κ1) is 21.9. The smallest absolute Gasteiger partial charge is 0.317 e. The van der Waals surface area contributed by atoms with Crippen LogP contribution in [-0.2, 0) is 11.8 Å². The van der Waals surface area contributed by atoms with Crippen LogP contribution < -0.4 is 5.32 Å². The Balaban J connectivity index is 1.40. The van der Waals surface area contributed by atoms with Gasteiger partial charge in [-0.1, -0.05) is 30.3 Å². The maximum atomic E-state index is 12.8. The molecule has 2 heterocycles. The number of amides is 2. The number of carbonyl (C=O) groups excluding carboxylic acids is 1. The second kappa shape index (κ2) is 10.3. The van der Waals surface area contributed by atoms with Gasteiger partial charge in [0.15, 0.2) is 0 Å². The molecule has 2 amide bonds. The van der Waals surface area contributed by atoms with Crippen molar-refractivity contribution in [2.24, 2.45) is 7.05 Å². The van der Waals surface area contributed by atoms with Gasteiger partial charge < -0.3 is 15.0 Å². The number of ether oxygens (including phenoxy) is 1. The number of nitrogens with zero attached hydrogens (tertiary/aromatic N) is 3. The average molecular weight is 425 g/mol. The third-order valence-electron chi connectivity index (χ3n) is 7.05. The second-order valence-corrected chi connectivity index (χ2v) is 8.94. The van der Waals surface area contributed by atoms with Crippen molar-refractivity contribution in [3.8, 4) is 0 Å². The number of rotatable bonds is 6. The van der Waals surface area contributed by atoms with Crippen LogP contribution >= 0.6 is 0 Å². The molecule has 168 valence electrons. The molecule has 1 saturated heterocycles. The van der Waals surface area contributed by atoms with Gasteiger partial charge in [-0.05, 0) is 63.0 Å². The van der Waals surface area contributed by atoms with Crippen molar-refractivity contribution in [3.63, 3.8) is 0 Å². The SMILES string of the molecule is CCNC(=O)N1CCC[C@H](c2ccnn2C)[C@@H]1CO[C@H]1CC[C@@H](c2ccccc2)CC1. The molecule has 6 heteroatoms. The molecule has 2 aromatic rings. The predicted octanol–water partition coefficient (Wildman–Crippen LogP) is 4.44. The Hall–Kier alpha value is -2.34. The molecule has 1 aromatic heterocycles. The number of hydrogen-bond acceptors (Lipinski definition) is 3. The highest BCUT2D eigenvalue weighted by Gasteiger charge is 2.37. The zero-order valence-corrected chi connectivity index (χ0v) is 18.9. The molecule has 2 atom stereocenters. The molecule has 1 aliphatic carbocycles. The standard InChI is InChI=1S/C25H36N4O2/c1-3-26-25(30)29-17-7-10-22(23-15-16-27-28(23)2)24(29)18-31-21-13-11-20(12-14-21)19-8-5-4-6-9-19/h4-6,8-9,15-16,20-22,24H,3,7,10-14,17-18H2,1-2H3,(H,26,30)/t20-,21+,22-,24+/m1/s1. The summed E-state index contributed by atoms with van der Waals surface area (Å²) in [5, 5.41) is 7.37. The Morgan fingerprint density at radius 3 is 2.58 bits per heavy atom. The van der Waals surface area contributed by atoms with Gasteiger partial charge in [-0.2, -0.15) is 5.10 Å². The first-order chi connectivity index (χ1) is 15.2. The van der Waals surface area contributed by atoms with E-state index in [1.54, 1.807) is 0 Å². The summed E-state index contributed by atoms with van der Waals surface area (Å²) in [6.07, 6.45) is 8.71. The highest BCUT2D eigenvalue weighted by Crippen LogP contribution is 2.36. The predicted molar refractivity (Wildman–Crippen MR) is 122 cm³/mol. The van der Waals surface area contributed by atoms with Gasteiger partial charge in [-0.25, -0.2) is 4.79 Å². The molecular weight excluding hydrogens is 388 g/mol. The lowest BCUT2D eigenvalue weighted by molar-refractivity contribution is -0.0173. The normalized spacial score (nSPS) is 26.6. The largest absolute Gasteiger partial charge is 0.376 e. The lowest BCUT2D eigenvalue weighted by atomic mass is 9.82. The van der Waals surface area contributed by atoms with E-state index < -0.39 is 0 Å². The first-order valence-corrected chi connectivity index (χ1v) is 11.9. The fourth-order valence-corrected chi connectivity index (χ4v) is 5.38. The molecule has 2 aliphatic rings. The number of hydrogen-bond donors (Lipinski definition) is 1. The Labute approximate surface area is 186 Å². The van der Waals surface area contributed by atoms with Gasteiger partial charge in [-0.15, -0.1) is 0 Å². The van der Waals surface area contributed by atoms with E-state index in [-0.39, 0.29) is 24.1 Å². The van der Waals surface area contributed by atoms with E-state index in [0.717, 1.165) is 32.2 Å². The highest BCUT2D eigenvalue weighted by molar-refractivity contribution is 5.74. The molecule has 0 radical (unpaired) electrons. The van der Waals surface area contributed by atoms with Crippen molar-refractivity contribution >= 4 is 6.03 Å². The lowest BCUT2D eigenvalue weighted by Gasteiger charge is -2.42. The van der Waals surface area contributed by atoms with Gasteiger partial charge in [0, 0.05) is 37.9 Å². The van der Waals surface area contributed by atoms with Crippen LogP contribution in [0.2, 0.25) is 0 Å². The van der Waals surface area contributed by atoms with Crippen LogP contribution in [0.1, 0.15) is 68.5 Å². The quantitative estimate of drug-likeness (QED) is 0.746. The van der Waals surface area contributed by atoms with Gasteiger partial charge in [0.2, 0.25) is 0 Å². The van der Waals surface area contributed by atoms with Crippen LogP contribution in [0.25, 0.3) is 0 Å². The number of carbonyl (C=O) groups is 1.